The van der Waals surface area contributed by atoms with Crippen molar-refractivity contribution in [2.45, 2.75) is 40.2 Å². The summed E-state index contributed by atoms with van der Waals surface area (Å²) in [5.74, 6) is -0.0210. The van der Waals surface area contributed by atoms with Gasteiger partial charge in [-0.3, -0.25) is 4.79 Å². The Kier molecular flexibility index (Phi) is 8.42. The molecule has 2 N–H and O–H groups in total. The highest BCUT2D eigenvalue weighted by Gasteiger charge is 2.29. The molecular weight excluding hydrogens is 248 g/mol. The molecule has 0 radical (unpaired) electrons. The molecule has 1 heterocycles. The van der Waals surface area contributed by atoms with Gasteiger partial charge in [0.15, 0.2) is 0 Å². The van der Waals surface area contributed by atoms with Gasteiger partial charge in [0.05, 0.1) is 6.04 Å². The van der Waals surface area contributed by atoms with E-state index in [2.05, 4.69) is 0 Å². The maximum atomic E-state index is 11.6. The Morgan fingerprint density at radius 1 is 1.28 bits per heavy atom. The Morgan fingerprint density at radius 2 is 1.89 bits per heavy atom. The van der Waals surface area contributed by atoms with Crippen molar-refractivity contribution in [1.82, 2.24) is 0 Å². The summed E-state index contributed by atoms with van der Waals surface area (Å²) in [7, 11) is 0. The molecule has 0 aliphatic carbocycles. The molecule has 0 spiro atoms. The van der Waals surface area contributed by atoms with Crippen LogP contribution in [-0.4, -0.2) is 18.5 Å². The summed E-state index contributed by atoms with van der Waals surface area (Å²) in [6.45, 7) is 8.68. The van der Waals surface area contributed by atoms with Gasteiger partial charge in [-0.15, -0.1) is 0 Å². The van der Waals surface area contributed by atoms with E-state index in [1.165, 1.54) is 0 Å². The molecule has 2 rings (SSSR count). The van der Waals surface area contributed by atoms with Gasteiger partial charge in [-0.2, -0.15) is 0 Å². The molecule has 102 valence electrons. The number of amides is 1. The second kappa shape index (κ2) is 8.95. The molecule has 1 atom stereocenters. The predicted octanol–water partition coefficient (Wildman–Crippen LogP) is 3.46. The first-order valence-electron chi connectivity index (χ1n) is 6.51. The first kappa shape index (κ1) is 16.9. The minimum absolute atomic E-state index is 0.0210. The number of nitrogens with zero attached hydrogens (tertiary/aromatic N) is 1. The zero-order valence-electron chi connectivity index (χ0n) is 11.6. The van der Waals surface area contributed by atoms with Crippen molar-refractivity contribution < 1.29 is 4.79 Å². The third kappa shape index (κ3) is 4.31. The third-order valence-electron chi connectivity index (χ3n) is 2.37. The number of carbonyl (C=O) groups is 1. The third-order valence-corrected chi connectivity index (χ3v) is 2.60. The molecule has 3 nitrogen and oxygen atoms in total. The van der Waals surface area contributed by atoms with Crippen molar-refractivity contribution >= 4 is 23.2 Å². The Bertz CT molecular complexity index is 369. The smallest absolute Gasteiger partial charge is 0.243 e. The minimum atomic E-state index is -0.353. The average Bonchev–Trinajstić information content (AvgIpc) is 2.75. The summed E-state index contributed by atoms with van der Waals surface area (Å²) in [6.07, 6.45) is 0.714. The topological polar surface area (TPSA) is 46.3 Å². The monoisotopic (exact) mass is 270 g/mol. The molecule has 1 saturated heterocycles. The predicted molar refractivity (Wildman–Crippen MR) is 79.1 cm³/mol. The fraction of sp³-hybridized carbons (Fsp3) is 0.500. The number of carbonyl (C=O) groups excluding carboxylic acids is 1. The lowest BCUT2D eigenvalue weighted by molar-refractivity contribution is -0.118. The molecule has 1 unspecified atom stereocenters. The van der Waals surface area contributed by atoms with Gasteiger partial charge >= 0.3 is 0 Å². The summed E-state index contributed by atoms with van der Waals surface area (Å²) in [6, 6.07) is 6.90. The van der Waals surface area contributed by atoms with Crippen LogP contribution in [0.5, 0.6) is 0 Å². The van der Waals surface area contributed by atoms with E-state index in [0.29, 0.717) is 18.0 Å². The van der Waals surface area contributed by atoms with Gasteiger partial charge in [-0.05, 0) is 24.6 Å². The number of hydrogen-bond acceptors (Lipinski definition) is 2. The van der Waals surface area contributed by atoms with Crippen LogP contribution in [0, 0.1) is 0 Å². The van der Waals surface area contributed by atoms with Crippen LogP contribution in [0.4, 0.5) is 5.69 Å². The maximum Gasteiger partial charge on any atom is 0.243 e. The van der Waals surface area contributed by atoms with E-state index < -0.39 is 0 Å². The summed E-state index contributed by atoms with van der Waals surface area (Å²) < 4.78 is 0. The number of anilines is 1. The second-order valence-electron chi connectivity index (χ2n) is 3.36. The molecule has 4 heteroatoms. The zero-order chi connectivity index (χ0) is 14.1. The van der Waals surface area contributed by atoms with E-state index in [0.717, 1.165) is 5.69 Å². The lowest BCUT2D eigenvalue weighted by atomic mass is 10.3. The van der Waals surface area contributed by atoms with Gasteiger partial charge < -0.3 is 10.6 Å². The first-order valence-corrected chi connectivity index (χ1v) is 6.89. The number of rotatable bonds is 1. The van der Waals surface area contributed by atoms with Gasteiger partial charge in [-0.25, -0.2) is 0 Å². The fourth-order valence-corrected chi connectivity index (χ4v) is 1.79. The highest BCUT2D eigenvalue weighted by molar-refractivity contribution is 6.30. The number of hydrogen-bond donors (Lipinski definition) is 1. The summed E-state index contributed by atoms with van der Waals surface area (Å²) in [5.41, 5.74) is 6.45. The SMILES string of the molecule is CC.CC.NC1CCN(c2cccc(Cl)c2)C1=O. The Hall–Kier alpha value is -1.06. The van der Waals surface area contributed by atoms with E-state index >= 15 is 0 Å². The van der Waals surface area contributed by atoms with Crippen LogP contribution in [0.15, 0.2) is 24.3 Å². The summed E-state index contributed by atoms with van der Waals surface area (Å²) in [5, 5.41) is 0.635. The molecule has 18 heavy (non-hydrogen) atoms. The van der Waals surface area contributed by atoms with Gasteiger partial charge in [0.1, 0.15) is 0 Å². The van der Waals surface area contributed by atoms with Gasteiger partial charge in [0, 0.05) is 17.3 Å². The lowest BCUT2D eigenvalue weighted by Crippen LogP contribution is -2.33. The van der Waals surface area contributed by atoms with Gasteiger partial charge in [0.25, 0.3) is 0 Å². The van der Waals surface area contributed by atoms with Crippen LogP contribution in [-0.2, 0) is 4.79 Å². The quantitative estimate of drug-likeness (QED) is 0.849. The van der Waals surface area contributed by atoms with Crippen molar-refractivity contribution in [3.05, 3.63) is 29.3 Å². The standard InChI is InChI=1S/C10H11ClN2O.2C2H6/c11-7-2-1-3-8(6-7)13-5-4-9(12)10(13)14;2*1-2/h1-3,6,9H,4-5,12H2;2*1-2H3. The average molecular weight is 271 g/mol. The second-order valence-corrected chi connectivity index (χ2v) is 3.80. The lowest BCUT2D eigenvalue weighted by Gasteiger charge is -2.15. The molecule has 1 fully saturated rings. The van der Waals surface area contributed by atoms with E-state index in [4.69, 9.17) is 17.3 Å². The maximum absolute atomic E-state index is 11.6. The van der Waals surface area contributed by atoms with Crippen molar-refractivity contribution in [3.8, 4) is 0 Å². The Balaban J connectivity index is 0.000000659. The summed E-state index contributed by atoms with van der Waals surface area (Å²) >= 11 is 5.84. The van der Waals surface area contributed by atoms with Crippen LogP contribution in [0.3, 0.4) is 0 Å². The minimum Gasteiger partial charge on any atom is -0.320 e. The molecule has 1 amide bonds. The van der Waals surface area contributed by atoms with Crippen LogP contribution in [0.2, 0.25) is 5.02 Å². The van der Waals surface area contributed by atoms with Crippen LogP contribution in [0.25, 0.3) is 0 Å². The van der Waals surface area contributed by atoms with Crippen LogP contribution in [0.1, 0.15) is 34.1 Å². The van der Waals surface area contributed by atoms with Gasteiger partial charge in [-0.1, -0.05) is 45.4 Å². The van der Waals surface area contributed by atoms with Crippen molar-refractivity contribution in [3.63, 3.8) is 0 Å². The van der Waals surface area contributed by atoms with E-state index in [-0.39, 0.29) is 11.9 Å². The molecule has 1 aliphatic heterocycles. The van der Waals surface area contributed by atoms with Crippen LogP contribution < -0.4 is 10.6 Å². The van der Waals surface area contributed by atoms with E-state index in [1.807, 2.05) is 39.8 Å². The molecule has 1 aromatic rings. The largest absolute Gasteiger partial charge is 0.320 e. The van der Waals surface area contributed by atoms with Crippen molar-refractivity contribution in [1.29, 1.82) is 0 Å². The first-order chi connectivity index (χ1) is 8.68. The molecule has 1 aliphatic rings. The van der Waals surface area contributed by atoms with Gasteiger partial charge in [0.2, 0.25) is 5.91 Å². The summed E-state index contributed by atoms with van der Waals surface area (Å²) in [4.78, 5) is 13.3. The van der Waals surface area contributed by atoms with E-state index in [9.17, 15) is 4.79 Å². The zero-order valence-corrected chi connectivity index (χ0v) is 12.4. The van der Waals surface area contributed by atoms with Crippen molar-refractivity contribution in [2.75, 3.05) is 11.4 Å². The van der Waals surface area contributed by atoms with Crippen molar-refractivity contribution in [2.24, 2.45) is 5.73 Å². The molecule has 0 saturated carbocycles. The highest BCUT2D eigenvalue weighted by Crippen LogP contribution is 2.23. The normalized spacial score (nSPS) is 17.6. The fourth-order valence-electron chi connectivity index (χ4n) is 1.60. The molecule has 0 bridgehead atoms. The highest BCUT2D eigenvalue weighted by atomic mass is 35.5. The van der Waals surface area contributed by atoms with Crippen LogP contribution >= 0.6 is 11.6 Å². The Morgan fingerprint density at radius 3 is 2.33 bits per heavy atom. The molecule has 1 aromatic carbocycles. The Labute approximate surface area is 115 Å². The van der Waals surface area contributed by atoms with E-state index in [1.54, 1.807) is 17.0 Å². The molecular formula is C14H23ClN2O. The number of halogens is 1. The number of nitrogens with two attached hydrogens (primary N) is 1. The molecule has 0 aromatic heterocycles. The number of benzene rings is 1.